The van der Waals surface area contributed by atoms with Crippen molar-refractivity contribution in [1.29, 1.82) is 0 Å². The number of aliphatic hydroxyl groups excluding tert-OH is 1. The molecule has 0 aromatic heterocycles. The highest BCUT2D eigenvalue weighted by molar-refractivity contribution is 9.10. The Kier molecular flexibility index (Phi) is 6.83. The van der Waals surface area contributed by atoms with E-state index in [9.17, 15) is 5.11 Å². The van der Waals surface area contributed by atoms with Crippen LogP contribution >= 0.6 is 15.9 Å². The Bertz CT molecular complexity index is 398. The first-order chi connectivity index (χ1) is 9.01. The van der Waals surface area contributed by atoms with Crippen LogP contribution in [0.1, 0.15) is 38.8 Å². The summed E-state index contributed by atoms with van der Waals surface area (Å²) >= 11 is 3.65. The van der Waals surface area contributed by atoms with Gasteiger partial charge in [-0.05, 0) is 44.5 Å². The molecule has 0 aliphatic carbocycles. The van der Waals surface area contributed by atoms with Crippen LogP contribution in [0, 0.1) is 0 Å². The molecule has 4 heteroatoms. The van der Waals surface area contributed by atoms with Crippen LogP contribution in [-0.4, -0.2) is 31.3 Å². The molecule has 1 aromatic carbocycles. The van der Waals surface area contributed by atoms with Crippen LogP contribution in [-0.2, 0) is 0 Å². The molecular weight excluding hydrogens is 304 g/mol. The molecule has 19 heavy (non-hydrogen) atoms. The van der Waals surface area contributed by atoms with Gasteiger partial charge in [0.15, 0.2) is 0 Å². The molecule has 0 bridgehead atoms. The lowest BCUT2D eigenvalue weighted by atomic mass is 10.1. The fourth-order valence-corrected chi connectivity index (χ4v) is 2.64. The van der Waals surface area contributed by atoms with Gasteiger partial charge in [-0.15, -0.1) is 0 Å². The molecule has 0 saturated carbocycles. The van der Waals surface area contributed by atoms with Crippen molar-refractivity contribution in [2.75, 3.05) is 25.1 Å². The van der Waals surface area contributed by atoms with Crippen LogP contribution in [0.25, 0.3) is 0 Å². The van der Waals surface area contributed by atoms with Gasteiger partial charge < -0.3 is 15.3 Å². The lowest BCUT2D eigenvalue weighted by molar-refractivity contribution is 0.270. The average Bonchev–Trinajstić information content (AvgIpc) is 2.42. The Morgan fingerprint density at radius 2 is 2.05 bits per heavy atom. The summed E-state index contributed by atoms with van der Waals surface area (Å²) in [4.78, 5) is 2.08. The second-order valence-corrected chi connectivity index (χ2v) is 5.88. The molecule has 3 nitrogen and oxygen atoms in total. The summed E-state index contributed by atoms with van der Waals surface area (Å²) in [6.07, 6.45) is 1.14. The highest BCUT2D eigenvalue weighted by Gasteiger charge is 2.13. The third kappa shape index (κ3) is 4.48. The Morgan fingerprint density at radius 1 is 1.37 bits per heavy atom. The molecule has 108 valence electrons. The molecular formula is C15H25BrN2O. The maximum atomic E-state index is 9.21. The summed E-state index contributed by atoms with van der Waals surface area (Å²) in [5, 5.41) is 12.7. The zero-order valence-corrected chi connectivity index (χ0v) is 13.9. The summed E-state index contributed by atoms with van der Waals surface area (Å²) in [7, 11) is 2.00. The van der Waals surface area contributed by atoms with Gasteiger partial charge >= 0.3 is 0 Å². The number of anilines is 1. The lowest BCUT2D eigenvalue weighted by Gasteiger charge is -2.26. The van der Waals surface area contributed by atoms with Gasteiger partial charge in [-0.1, -0.05) is 28.9 Å². The number of rotatable bonds is 7. The van der Waals surface area contributed by atoms with Crippen molar-refractivity contribution in [3.05, 3.63) is 28.2 Å². The lowest BCUT2D eigenvalue weighted by Crippen LogP contribution is -2.31. The van der Waals surface area contributed by atoms with Crippen molar-refractivity contribution in [1.82, 2.24) is 5.32 Å². The molecule has 2 unspecified atom stereocenters. The SMILES string of the molecule is CCCNC(C)c1ccc(N(C)C(C)CO)cc1Br. The molecule has 0 amide bonds. The summed E-state index contributed by atoms with van der Waals surface area (Å²) in [5.74, 6) is 0. The molecule has 2 N–H and O–H groups in total. The first-order valence-electron chi connectivity index (χ1n) is 6.87. The Balaban J connectivity index is 2.85. The topological polar surface area (TPSA) is 35.5 Å². The van der Waals surface area contributed by atoms with Gasteiger partial charge in [0.2, 0.25) is 0 Å². The van der Waals surface area contributed by atoms with Gasteiger partial charge in [-0.25, -0.2) is 0 Å². The van der Waals surface area contributed by atoms with Crippen LogP contribution in [0.2, 0.25) is 0 Å². The maximum absolute atomic E-state index is 9.21. The van der Waals surface area contributed by atoms with Gasteiger partial charge in [0.1, 0.15) is 0 Å². The maximum Gasteiger partial charge on any atom is 0.0632 e. The van der Waals surface area contributed by atoms with Crippen molar-refractivity contribution >= 4 is 21.6 Å². The monoisotopic (exact) mass is 328 g/mol. The predicted molar refractivity (Wildman–Crippen MR) is 85.8 cm³/mol. The molecule has 0 saturated heterocycles. The molecule has 2 atom stereocenters. The Hall–Kier alpha value is -0.580. The fourth-order valence-electron chi connectivity index (χ4n) is 1.93. The van der Waals surface area contributed by atoms with E-state index in [1.54, 1.807) is 0 Å². The summed E-state index contributed by atoms with van der Waals surface area (Å²) in [5.41, 5.74) is 2.38. The summed E-state index contributed by atoms with van der Waals surface area (Å²) < 4.78 is 1.11. The van der Waals surface area contributed by atoms with E-state index in [-0.39, 0.29) is 12.6 Å². The standard InChI is InChI=1S/C15H25BrN2O/c1-5-8-17-12(3)14-7-6-13(9-15(14)16)18(4)11(2)10-19/h6-7,9,11-12,17,19H,5,8,10H2,1-4H3. The molecule has 0 aliphatic rings. The minimum atomic E-state index is 0.119. The van der Waals surface area contributed by atoms with Crippen LogP contribution in [0.5, 0.6) is 0 Å². The number of aliphatic hydroxyl groups is 1. The molecule has 0 aliphatic heterocycles. The minimum Gasteiger partial charge on any atom is -0.394 e. The minimum absolute atomic E-state index is 0.119. The van der Waals surface area contributed by atoms with Gasteiger partial charge in [0.05, 0.1) is 6.61 Å². The zero-order chi connectivity index (χ0) is 14.4. The summed E-state index contributed by atoms with van der Waals surface area (Å²) in [6, 6.07) is 6.83. The Labute approximate surface area is 125 Å². The number of halogens is 1. The number of hydrogen-bond donors (Lipinski definition) is 2. The largest absolute Gasteiger partial charge is 0.394 e. The van der Waals surface area contributed by atoms with Crippen LogP contribution in [0.3, 0.4) is 0 Å². The molecule has 0 radical (unpaired) electrons. The molecule has 1 aromatic rings. The normalized spacial score (nSPS) is 14.2. The molecule has 0 spiro atoms. The van der Waals surface area contributed by atoms with E-state index in [0.717, 1.165) is 23.1 Å². The van der Waals surface area contributed by atoms with E-state index >= 15 is 0 Å². The summed E-state index contributed by atoms with van der Waals surface area (Å²) in [6.45, 7) is 7.53. The molecule has 1 rings (SSSR count). The van der Waals surface area contributed by atoms with Gasteiger partial charge in [-0.3, -0.25) is 0 Å². The van der Waals surface area contributed by atoms with Crippen LogP contribution < -0.4 is 10.2 Å². The van der Waals surface area contributed by atoms with Crippen molar-refractivity contribution in [2.24, 2.45) is 0 Å². The second-order valence-electron chi connectivity index (χ2n) is 5.02. The quantitative estimate of drug-likeness (QED) is 0.805. The van der Waals surface area contributed by atoms with Gasteiger partial charge in [-0.2, -0.15) is 0 Å². The van der Waals surface area contributed by atoms with Crippen molar-refractivity contribution in [3.63, 3.8) is 0 Å². The van der Waals surface area contributed by atoms with Gasteiger partial charge in [0.25, 0.3) is 0 Å². The number of benzene rings is 1. The van der Waals surface area contributed by atoms with Crippen molar-refractivity contribution < 1.29 is 5.11 Å². The van der Waals surface area contributed by atoms with E-state index < -0.39 is 0 Å². The van der Waals surface area contributed by atoms with Crippen molar-refractivity contribution in [3.8, 4) is 0 Å². The van der Waals surface area contributed by atoms with Crippen LogP contribution in [0.15, 0.2) is 22.7 Å². The first kappa shape index (κ1) is 16.5. The smallest absolute Gasteiger partial charge is 0.0632 e. The Morgan fingerprint density at radius 3 is 2.58 bits per heavy atom. The number of nitrogens with zero attached hydrogens (tertiary/aromatic N) is 1. The van der Waals surface area contributed by atoms with Crippen molar-refractivity contribution in [2.45, 2.75) is 39.3 Å². The number of nitrogens with one attached hydrogen (secondary N) is 1. The second kappa shape index (κ2) is 7.88. The number of likely N-dealkylation sites (N-methyl/N-ethyl adjacent to an activating group) is 1. The van der Waals surface area contributed by atoms with E-state index in [2.05, 4.69) is 58.2 Å². The predicted octanol–water partition coefficient (Wildman–Crippen LogP) is 3.33. The van der Waals surface area contributed by atoms with E-state index in [0.29, 0.717) is 6.04 Å². The van der Waals surface area contributed by atoms with E-state index in [4.69, 9.17) is 0 Å². The third-order valence-electron chi connectivity index (χ3n) is 3.48. The fraction of sp³-hybridized carbons (Fsp3) is 0.600. The first-order valence-corrected chi connectivity index (χ1v) is 7.67. The van der Waals surface area contributed by atoms with Gasteiger partial charge in [0, 0.05) is 29.3 Å². The zero-order valence-electron chi connectivity index (χ0n) is 12.3. The molecule has 0 heterocycles. The van der Waals surface area contributed by atoms with E-state index in [1.165, 1.54) is 5.56 Å². The highest BCUT2D eigenvalue weighted by Crippen LogP contribution is 2.28. The third-order valence-corrected chi connectivity index (χ3v) is 4.17. The van der Waals surface area contributed by atoms with E-state index in [1.807, 2.05) is 14.0 Å². The highest BCUT2D eigenvalue weighted by atomic mass is 79.9. The van der Waals surface area contributed by atoms with Crippen LogP contribution in [0.4, 0.5) is 5.69 Å². The molecule has 0 fully saturated rings. The average molecular weight is 329 g/mol. The number of hydrogen-bond acceptors (Lipinski definition) is 3.